The van der Waals surface area contributed by atoms with Gasteiger partial charge in [-0.3, -0.25) is 14.2 Å². The number of rotatable bonds is 57. The molecule has 0 rings (SSSR count). The Morgan fingerprint density at radius 3 is 1.13 bits per heavy atom. The fraction of sp³-hybridized carbons (Fsp3) is 0.758. The molecule has 0 fully saturated rings. The number of hydrogen-bond donors (Lipinski definition) is 0. The van der Waals surface area contributed by atoms with Crippen LogP contribution in [0.2, 0.25) is 0 Å². The van der Waals surface area contributed by atoms with Crippen molar-refractivity contribution in [1.29, 1.82) is 0 Å². The number of carbonyl (C=O) groups is 2. The van der Waals surface area contributed by atoms with Crippen LogP contribution in [0.15, 0.2) is 85.1 Å². The number of allylic oxidation sites excluding steroid dienone is 14. The van der Waals surface area contributed by atoms with Crippen LogP contribution < -0.4 is 4.89 Å². The number of carbonyl (C=O) groups excluding carboxylic acids is 2. The van der Waals surface area contributed by atoms with Gasteiger partial charge >= 0.3 is 11.9 Å². The van der Waals surface area contributed by atoms with E-state index in [1.807, 2.05) is 21.1 Å². The molecule has 2 atom stereocenters. The third kappa shape index (κ3) is 60.4. The summed E-state index contributed by atoms with van der Waals surface area (Å²) >= 11 is 0. The van der Waals surface area contributed by atoms with Gasteiger partial charge in [-0.2, -0.15) is 0 Å². The molecule has 10 heteroatoms. The Kier molecular flexibility index (Phi) is 54.8. The van der Waals surface area contributed by atoms with E-state index < -0.39 is 26.5 Å². The summed E-state index contributed by atoms with van der Waals surface area (Å²) in [6.07, 6.45) is 76.3. The molecule has 0 bridgehead atoms. The third-order valence-corrected chi connectivity index (χ3v) is 14.4. The van der Waals surface area contributed by atoms with Crippen LogP contribution in [0.25, 0.3) is 0 Å². The second-order valence-electron chi connectivity index (χ2n) is 22.0. The van der Waals surface area contributed by atoms with Crippen LogP contribution >= 0.6 is 7.82 Å². The SMILES string of the molecule is CC/C=C\C/C=C\C/C=C\C/C=C\C/C=C\C/C=C\CCCCCCCCCCCCC(=O)OC(COC(=O)CCCCCCCCCCCCC/C=C\CCCCCCCCCC)COP(=O)([O-])OCC[N+](C)(C)C. The highest BCUT2D eigenvalue weighted by Crippen LogP contribution is 2.38. The van der Waals surface area contributed by atoms with Crippen molar-refractivity contribution in [2.75, 3.05) is 47.5 Å². The van der Waals surface area contributed by atoms with E-state index in [1.54, 1.807) is 0 Å². The normalized spacial score (nSPS) is 13.8. The lowest BCUT2D eigenvalue weighted by atomic mass is 10.0. The number of esters is 2. The summed E-state index contributed by atoms with van der Waals surface area (Å²) < 4.78 is 34.2. The lowest BCUT2D eigenvalue weighted by Gasteiger charge is -2.28. The maximum Gasteiger partial charge on any atom is 0.306 e. The maximum atomic E-state index is 12.8. The maximum absolute atomic E-state index is 12.8. The van der Waals surface area contributed by atoms with Crippen molar-refractivity contribution in [3.8, 4) is 0 Å². The average Bonchev–Trinajstić information content (AvgIpc) is 3.38. The first-order valence-electron chi connectivity index (χ1n) is 31.3. The fourth-order valence-corrected chi connectivity index (χ4v) is 9.33. The number of unbranched alkanes of at least 4 members (excludes halogenated alkanes) is 29. The Balaban J connectivity index is 4.14. The second-order valence-corrected chi connectivity index (χ2v) is 23.4. The number of nitrogens with zero attached hydrogens (tertiary/aromatic N) is 1. The van der Waals surface area contributed by atoms with Crippen LogP contribution in [0, 0.1) is 0 Å². The molecule has 0 amide bonds. The van der Waals surface area contributed by atoms with Crippen molar-refractivity contribution < 1.29 is 42.1 Å². The summed E-state index contributed by atoms with van der Waals surface area (Å²) in [7, 11) is 1.16. The molecule has 0 heterocycles. The molecule has 0 saturated carbocycles. The van der Waals surface area contributed by atoms with Crippen molar-refractivity contribution >= 4 is 19.8 Å². The summed E-state index contributed by atoms with van der Waals surface area (Å²) in [5.74, 6) is -0.835. The van der Waals surface area contributed by atoms with Crippen LogP contribution in [0.1, 0.15) is 271 Å². The van der Waals surface area contributed by atoms with Crippen LogP contribution in [-0.2, 0) is 32.7 Å². The minimum absolute atomic E-state index is 0.0345. The first kappa shape index (κ1) is 73.2. The standard InChI is InChI=1S/C66H118NO8P/c1-6-8-10-12-14-16-18-20-22-24-26-28-30-31-32-33-34-35-37-39-41-43-45-47-49-51-53-55-57-59-66(69)75-64(63-74-76(70,71)73-61-60-67(3,4)5)62-72-65(68)58-56-54-52-50-48-46-44-42-40-38-36-29-27-25-23-21-19-17-15-13-11-9-7-2/h8,10,14,16,20,22,25-28,31-32,34-35,64H,6-7,9,11-13,15,17-19,21,23-24,29-30,33,36-63H2,1-5H3/b10-8-,16-14-,22-20-,27-25-,28-26-,32-31-,35-34-. The Morgan fingerprint density at radius 2 is 0.750 bits per heavy atom. The quantitative estimate of drug-likeness (QED) is 0.0195. The largest absolute Gasteiger partial charge is 0.756 e. The molecular formula is C66H118NO8P. The Bertz CT molecular complexity index is 1560. The predicted octanol–water partition coefficient (Wildman–Crippen LogP) is 19.2. The van der Waals surface area contributed by atoms with Gasteiger partial charge in [0, 0.05) is 12.8 Å². The second kappa shape index (κ2) is 56.9. The molecule has 0 saturated heterocycles. The van der Waals surface area contributed by atoms with Crippen LogP contribution in [-0.4, -0.2) is 70.0 Å². The monoisotopic (exact) mass is 1080 g/mol. The highest BCUT2D eigenvalue weighted by atomic mass is 31.2. The lowest BCUT2D eigenvalue weighted by molar-refractivity contribution is -0.870. The van der Waals surface area contributed by atoms with Gasteiger partial charge in [0.25, 0.3) is 7.82 Å². The molecule has 76 heavy (non-hydrogen) atoms. The molecule has 2 unspecified atom stereocenters. The third-order valence-electron chi connectivity index (χ3n) is 13.4. The first-order chi connectivity index (χ1) is 37.0. The topological polar surface area (TPSA) is 111 Å². The number of hydrogen-bond acceptors (Lipinski definition) is 8. The number of likely N-dealkylation sites (N-methyl/N-ethyl adjacent to an activating group) is 1. The van der Waals surface area contributed by atoms with Gasteiger partial charge in [-0.15, -0.1) is 0 Å². The number of ether oxygens (including phenoxy) is 2. The van der Waals surface area contributed by atoms with Gasteiger partial charge in [0.05, 0.1) is 27.7 Å². The Labute approximate surface area is 469 Å². The summed E-state index contributed by atoms with van der Waals surface area (Å²) in [6, 6.07) is 0. The fourth-order valence-electron chi connectivity index (χ4n) is 8.60. The Morgan fingerprint density at radius 1 is 0.421 bits per heavy atom. The first-order valence-corrected chi connectivity index (χ1v) is 32.8. The van der Waals surface area contributed by atoms with E-state index >= 15 is 0 Å². The zero-order valence-corrected chi connectivity index (χ0v) is 50.8. The molecular weight excluding hydrogens is 966 g/mol. The van der Waals surface area contributed by atoms with Crippen molar-refractivity contribution in [3.63, 3.8) is 0 Å². The van der Waals surface area contributed by atoms with E-state index in [2.05, 4.69) is 98.9 Å². The van der Waals surface area contributed by atoms with Gasteiger partial charge in [-0.05, 0) is 89.9 Å². The average molecular weight is 1080 g/mol. The summed E-state index contributed by atoms with van der Waals surface area (Å²) in [5.41, 5.74) is 0. The van der Waals surface area contributed by atoms with Crippen molar-refractivity contribution in [1.82, 2.24) is 0 Å². The molecule has 0 spiro atoms. The number of phosphoric acid groups is 1. The van der Waals surface area contributed by atoms with Gasteiger partial charge in [0.1, 0.15) is 19.8 Å². The van der Waals surface area contributed by atoms with Gasteiger partial charge in [0.15, 0.2) is 6.10 Å². The van der Waals surface area contributed by atoms with Gasteiger partial charge in [-0.25, -0.2) is 0 Å². The highest BCUT2D eigenvalue weighted by Gasteiger charge is 2.22. The molecule has 0 aromatic heterocycles. The number of phosphoric ester groups is 1. The van der Waals surface area contributed by atoms with Crippen LogP contribution in [0.4, 0.5) is 0 Å². The Hall–Kier alpha value is -2.81. The van der Waals surface area contributed by atoms with Crippen molar-refractivity contribution in [2.45, 2.75) is 277 Å². The van der Waals surface area contributed by atoms with E-state index in [0.29, 0.717) is 17.4 Å². The summed E-state index contributed by atoms with van der Waals surface area (Å²) in [4.78, 5) is 38.0. The van der Waals surface area contributed by atoms with E-state index in [1.165, 1.54) is 154 Å². The molecule has 0 aromatic carbocycles. The highest BCUT2D eigenvalue weighted by molar-refractivity contribution is 7.45. The lowest BCUT2D eigenvalue weighted by Crippen LogP contribution is -2.37. The predicted molar refractivity (Wildman–Crippen MR) is 323 cm³/mol. The molecule has 440 valence electrons. The minimum Gasteiger partial charge on any atom is -0.756 e. The molecule has 0 aliphatic heterocycles. The zero-order chi connectivity index (χ0) is 55.6. The molecule has 0 radical (unpaired) electrons. The van der Waals surface area contributed by atoms with Gasteiger partial charge in [0.2, 0.25) is 0 Å². The molecule has 9 nitrogen and oxygen atoms in total. The van der Waals surface area contributed by atoms with Crippen molar-refractivity contribution in [3.05, 3.63) is 85.1 Å². The van der Waals surface area contributed by atoms with E-state index in [9.17, 15) is 19.0 Å². The molecule has 0 aliphatic rings. The smallest absolute Gasteiger partial charge is 0.306 e. The summed E-state index contributed by atoms with van der Waals surface area (Å²) in [6.45, 7) is 4.14. The van der Waals surface area contributed by atoms with Crippen LogP contribution in [0.3, 0.4) is 0 Å². The summed E-state index contributed by atoms with van der Waals surface area (Å²) in [5, 5.41) is 0. The molecule has 0 aromatic rings. The zero-order valence-electron chi connectivity index (χ0n) is 49.9. The molecule has 0 N–H and O–H groups in total. The minimum atomic E-state index is -4.64. The van der Waals surface area contributed by atoms with Gasteiger partial charge < -0.3 is 27.9 Å². The van der Waals surface area contributed by atoms with Gasteiger partial charge in [-0.1, -0.05) is 253 Å². The van der Waals surface area contributed by atoms with E-state index in [4.69, 9.17) is 18.5 Å². The van der Waals surface area contributed by atoms with Crippen molar-refractivity contribution in [2.24, 2.45) is 0 Å². The van der Waals surface area contributed by atoms with E-state index in [0.717, 1.165) is 83.5 Å². The number of quaternary nitrogens is 1. The van der Waals surface area contributed by atoms with E-state index in [-0.39, 0.29) is 32.0 Å². The van der Waals surface area contributed by atoms with Crippen LogP contribution in [0.5, 0.6) is 0 Å². The molecule has 0 aliphatic carbocycles.